The van der Waals surface area contributed by atoms with Gasteiger partial charge in [0, 0.05) is 0 Å². The van der Waals surface area contributed by atoms with E-state index in [4.69, 9.17) is 4.74 Å². The summed E-state index contributed by atoms with van der Waals surface area (Å²) >= 11 is 0. The lowest BCUT2D eigenvalue weighted by Crippen LogP contribution is -3.20. The van der Waals surface area contributed by atoms with Crippen LogP contribution in [0, 0.1) is 5.82 Å². The molecule has 1 saturated heterocycles. The second-order valence-electron chi connectivity index (χ2n) is 6.23. The highest BCUT2D eigenvalue weighted by molar-refractivity contribution is 5.89. The minimum atomic E-state index is -0.376. The predicted octanol–water partition coefficient (Wildman–Crippen LogP) is 2.22. The number of esters is 1. The minimum Gasteiger partial charge on any atom is -0.453 e. The van der Waals surface area contributed by atoms with E-state index in [0.717, 1.165) is 6.54 Å². The Bertz CT molecular complexity index is 464. The number of likely N-dealkylation sites (tertiary alicyclic amines) is 1. The number of rotatable bonds is 4. The van der Waals surface area contributed by atoms with Crippen LogP contribution in [-0.4, -0.2) is 30.7 Å². The van der Waals surface area contributed by atoms with Crippen molar-refractivity contribution in [1.29, 1.82) is 0 Å². The molecule has 1 aromatic rings. The lowest BCUT2D eigenvalue weighted by atomic mass is 9.97. The molecule has 1 heterocycles. The highest BCUT2D eigenvalue weighted by atomic mass is 19.1. The molecule has 0 aliphatic carbocycles. The molecule has 3 atom stereocenters. The number of nitrogens with one attached hydrogen (secondary N) is 1. The number of halogens is 1. The smallest absolute Gasteiger partial charge is 0.338 e. The Labute approximate surface area is 126 Å². The average Bonchev–Trinajstić information content (AvgIpc) is 2.43. The van der Waals surface area contributed by atoms with Crippen molar-refractivity contribution in [3.05, 3.63) is 35.6 Å². The molecule has 0 spiro atoms. The van der Waals surface area contributed by atoms with E-state index in [9.17, 15) is 9.18 Å². The van der Waals surface area contributed by atoms with E-state index in [1.165, 1.54) is 48.4 Å². The van der Waals surface area contributed by atoms with Gasteiger partial charge in [-0.2, -0.15) is 0 Å². The normalized spacial score (nSPS) is 24.6. The number of carbonyl (C=O) groups is 1. The molecular weight excluding hydrogens is 269 g/mol. The molecule has 4 heteroatoms. The summed E-state index contributed by atoms with van der Waals surface area (Å²) in [5, 5.41) is 0. The fourth-order valence-corrected chi connectivity index (χ4v) is 3.20. The summed E-state index contributed by atoms with van der Waals surface area (Å²) < 4.78 is 18.3. The van der Waals surface area contributed by atoms with Crippen molar-refractivity contribution in [2.45, 2.75) is 58.2 Å². The molecule has 2 rings (SSSR count). The molecule has 1 fully saturated rings. The summed E-state index contributed by atoms with van der Waals surface area (Å²) in [5.41, 5.74) is 0.401. The zero-order valence-electron chi connectivity index (χ0n) is 13.1. The summed E-state index contributed by atoms with van der Waals surface area (Å²) in [4.78, 5) is 13.5. The van der Waals surface area contributed by atoms with Crippen LogP contribution in [0.3, 0.4) is 0 Å². The van der Waals surface area contributed by atoms with Gasteiger partial charge in [-0.15, -0.1) is 0 Å². The van der Waals surface area contributed by atoms with Crippen LogP contribution >= 0.6 is 0 Å². The van der Waals surface area contributed by atoms with Crippen molar-refractivity contribution in [2.24, 2.45) is 0 Å². The second-order valence-corrected chi connectivity index (χ2v) is 6.23. The van der Waals surface area contributed by atoms with Crippen LogP contribution in [0.4, 0.5) is 4.39 Å². The van der Waals surface area contributed by atoms with E-state index in [-0.39, 0.29) is 17.9 Å². The van der Waals surface area contributed by atoms with Gasteiger partial charge in [0.25, 0.3) is 0 Å². The van der Waals surface area contributed by atoms with Gasteiger partial charge >= 0.3 is 5.97 Å². The van der Waals surface area contributed by atoms with Gasteiger partial charge in [0.05, 0.1) is 17.6 Å². The van der Waals surface area contributed by atoms with Gasteiger partial charge in [-0.1, -0.05) is 0 Å². The highest BCUT2D eigenvalue weighted by Crippen LogP contribution is 2.09. The predicted molar refractivity (Wildman–Crippen MR) is 79.9 cm³/mol. The number of hydrogen-bond acceptors (Lipinski definition) is 2. The Morgan fingerprint density at radius 2 is 1.86 bits per heavy atom. The van der Waals surface area contributed by atoms with Crippen molar-refractivity contribution in [3.63, 3.8) is 0 Å². The van der Waals surface area contributed by atoms with Crippen LogP contribution in [0.5, 0.6) is 0 Å². The summed E-state index contributed by atoms with van der Waals surface area (Å²) in [6, 6.07) is 6.71. The Balaban J connectivity index is 1.90. The van der Waals surface area contributed by atoms with E-state index in [0.29, 0.717) is 17.6 Å². The van der Waals surface area contributed by atoms with Crippen LogP contribution in [0.15, 0.2) is 24.3 Å². The molecule has 0 radical (unpaired) electrons. The number of carbonyl (C=O) groups excluding carboxylic acids is 1. The maximum Gasteiger partial charge on any atom is 0.338 e. The lowest BCUT2D eigenvalue weighted by molar-refractivity contribution is -0.953. The fourth-order valence-electron chi connectivity index (χ4n) is 3.20. The average molecular weight is 294 g/mol. The van der Waals surface area contributed by atoms with Crippen LogP contribution in [0.25, 0.3) is 0 Å². The quantitative estimate of drug-likeness (QED) is 0.863. The molecule has 0 saturated carbocycles. The summed E-state index contributed by atoms with van der Waals surface area (Å²) in [6.45, 7) is 7.29. The SMILES string of the molecule is C[C@H](C[NH+]1[C@@H](C)CCC[C@@H]1C)OC(=O)c1ccc(F)cc1. The highest BCUT2D eigenvalue weighted by Gasteiger charge is 2.30. The van der Waals surface area contributed by atoms with Gasteiger partial charge in [-0.3, -0.25) is 0 Å². The van der Waals surface area contributed by atoms with Crippen molar-refractivity contribution in [3.8, 4) is 0 Å². The first-order valence-corrected chi connectivity index (χ1v) is 7.79. The minimum absolute atomic E-state index is 0.138. The molecule has 1 aromatic carbocycles. The largest absolute Gasteiger partial charge is 0.453 e. The molecule has 1 aliphatic rings. The molecule has 21 heavy (non-hydrogen) atoms. The summed E-state index contributed by atoms with van der Waals surface area (Å²) in [6.07, 6.45) is 3.62. The lowest BCUT2D eigenvalue weighted by Gasteiger charge is -2.37. The van der Waals surface area contributed by atoms with E-state index >= 15 is 0 Å². The standard InChI is InChI=1S/C17H24FNO2/c1-12-5-4-6-13(2)19(12)11-14(3)21-17(20)15-7-9-16(18)10-8-15/h7-10,12-14H,4-6,11H2,1-3H3/p+1/t12-,13-,14+/m0/s1. The van der Waals surface area contributed by atoms with Gasteiger partial charge in [0.15, 0.2) is 0 Å². The number of hydrogen-bond donors (Lipinski definition) is 1. The van der Waals surface area contributed by atoms with Crippen molar-refractivity contribution >= 4 is 5.97 Å². The third-order valence-electron chi connectivity index (χ3n) is 4.45. The first-order chi connectivity index (χ1) is 9.97. The van der Waals surface area contributed by atoms with Gasteiger partial charge in [0.1, 0.15) is 18.5 Å². The van der Waals surface area contributed by atoms with Gasteiger partial charge in [-0.05, 0) is 64.3 Å². The van der Waals surface area contributed by atoms with Gasteiger partial charge in [-0.25, -0.2) is 9.18 Å². The third-order valence-corrected chi connectivity index (χ3v) is 4.45. The van der Waals surface area contributed by atoms with Crippen molar-refractivity contribution in [1.82, 2.24) is 0 Å². The zero-order valence-corrected chi connectivity index (χ0v) is 13.1. The van der Waals surface area contributed by atoms with E-state index in [1.54, 1.807) is 0 Å². The number of quaternary nitrogens is 1. The van der Waals surface area contributed by atoms with E-state index in [2.05, 4.69) is 13.8 Å². The van der Waals surface area contributed by atoms with Crippen LogP contribution in [0.2, 0.25) is 0 Å². The Kier molecular flexibility index (Phi) is 5.34. The molecule has 1 aliphatic heterocycles. The van der Waals surface area contributed by atoms with Crippen LogP contribution in [0.1, 0.15) is 50.4 Å². The Morgan fingerprint density at radius 1 is 1.29 bits per heavy atom. The monoisotopic (exact) mass is 294 g/mol. The summed E-state index contributed by atoms with van der Waals surface area (Å²) in [7, 11) is 0. The second kappa shape index (κ2) is 7.03. The number of benzene rings is 1. The molecule has 0 unspecified atom stereocenters. The molecular formula is C17H25FNO2+. The van der Waals surface area contributed by atoms with Crippen LogP contribution in [-0.2, 0) is 4.74 Å². The van der Waals surface area contributed by atoms with Crippen molar-refractivity contribution in [2.75, 3.05) is 6.54 Å². The van der Waals surface area contributed by atoms with Crippen LogP contribution < -0.4 is 4.90 Å². The van der Waals surface area contributed by atoms with Crippen molar-refractivity contribution < 1.29 is 18.8 Å². The summed E-state index contributed by atoms with van der Waals surface area (Å²) in [5.74, 6) is -0.723. The number of piperidine rings is 1. The first kappa shape index (κ1) is 16.0. The van der Waals surface area contributed by atoms with Gasteiger partial charge < -0.3 is 9.64 Å². The molecule has 0 amide bonds. The van der Waals surface area contributed by atoms with E-state index in [1.807, 2.05) is 6.92 Å². The van der Waals surface area contributed by atoms with E-state index < -0.39 is 0 Å². The molecule has 0 aromatic heterocycles. The zero-order chi connectivity index (χ0) is 15.4. The molecule has 0 bridgehead atoms. The third kappa shape index (κ3) is 4.27. The molecule has 116 valence electrons. The number of ether oxygens (including phenoxy) is 1. The topological polar surface area (TPSA) is 30.7 Å². The molecule has 3 nitrogen and oxygen atoms in total. The first-order valence-electron chi connectivity index (χ1n) is 7.79. The maximum absolute atomic E-state index is 12.9. The Morgan fingerprint density at radius 3 is 2.43 bits per heavy atom. The van der Waals surface area contributed by atoms with Gasteiger partial charge in [0.2, 0.25) is 0 Å². The fraction of sp³-hybridized carbons (Fsp3) is 0.588. The Hall–Kier alpha value is -1.42. The molecule has 1 N–H and O–H groups in total. The maximum atomic E-state index is 12.9.